The van der Waals surface area contributed by atoms with Gasteiger partial charge >= 0.3 is 0 Å². The maximum absolute atomic E-state index is 14.1. The van der Waals surface area contributed by atoms with Crippen LogP contribution < -0.4 is 0 Å². The standard InChI is InChI=1S/C27H24O/c1-14-11-15(2)22-24(17-7-4-5-8-17)27(28)25-20-10-6-9-18(20)13-19-12-16(3)21(14)26(22)23(19)25/h4,6-8,10-12,24-25H,5,9,13H2,1-3H3. The zero-order valence-electron chi connectivity index (χ0n) is 16.7. The Kier molecular flexibility index (Phi) is 3.17. The zero-order chi connectivity index (χ0) is 19.2. The number of rotatable bonds is 1. The molecule has 0 N–H and O–H groups in total. The number of hydrogen-bond donors (Lipinski definition) is 0. The third-order valence-electron chi connectivity index (χ3n) is 7.24. The quantitative estimate of drug-likeness (QED) is 0.587. The van der Waals surface area contributed by atoms with Crippen molar-refractivity contribution in [3.05, 3.63) is 92.6 Å². The van der Waals surface area contributed by atoms with Crippen LogP contribution >= 0.6 is 0 Å². The predicted molar refractivity (Wildman–Crippen MR) is 115 cm³/mol. The van der Waals surface area contributed by atoms with E-state index in [1.807, 2.05) is 0 Å². The summed E-state index contributed by atoms with van der Waals surface area (Å²) in [5, 5.41) is 2.76. The molecule has 4 aliphatic carbocycles. The van der Waals surface area contributed by atoms with Crippen LogP contribution in [0.4, 0.5) is 0 Å². The molecule has 2 atom stereocenters. The molecule has 1 nitrogen and oxygen atoms in total. The maximum Gasteiger partial charge on any atom is 0.156 e. The molecular weight excluding hydrogens is 340 g/mol. The lowest BCUT2D eigenvalue weighted by Gasteiger charge is -2.38. The van der Waals surface area contributed by atoms with Crippen molar-refractivity contribution in [2.24, 2.45) is 0 Å². The second-order valence-electron chi connectivity index (χ2n) is 8.89. The molecule has 0 bridgehead atoms. The smallest absolute Gasteiger partial charge is 0.156 e. The van der Waals surface area contributed by atoms with Crippen molar-refractivity contribution >= 4 is 16.6 Å². The fraction of sp³-hybridized carbons (Fsp3) is 0.296. The number of aryl methyl sites for hydroxylation is 3. The SMILES string of the molecule is Cc1cc(C)c2c(C)cc3c4c2c1C(C1=CCC=C1)C(=O)C4C1=C(CC=C1)C3. The van der Waals surface area contributed by atoms with E-state index in [2.05, 4.69) is 63.3 Å². The number of Topliss-reactive ketones (excluding diaryl/α,β-unsaturated/α-hetero) is 1. The van der Waals surface area contributed by atoms with Crippen LogP contribution in [0.3, 0.4) is 0 Å². The van der Waals surface area contributed by atoms with E-state index < -0.39 is 0 Å². The summed E-state index contributed by atoms with van der Waals surface area (Å²) < 4.78 is 0. The Morgan fingerprint density at radius 1 is 0.857 bits per heavy atom. The summed E-state index contributed by atoms with van der Waals surface area (Å²) >= 11 is 0. The fourth-order valence-corrected chi connectivity index (χ4v) is 6.26. The minimum Gasteiger partial charge on any atom is -0.298 e. The Morgan fingerprint density at radius 3 is 2.46 bits per heavy atom. The molecule has 6 rings (SSSR count). The van der Waals surface area contributed by atoms with E-state index in [0.29, 0.717) is 5.78 Å². The van der Waals surface area contributed by atoms with Crippen LogP contribution in [-0.2, 0) is 11.2 Å². The molecule has 0 aromatic heterocycles. The van der Waals surface area contributed by atoms with E-state index in [0.717, 1.165) is 19.3 Å². The second-order valence-corrected chi connectivity index (χ2v) is 8.89. The highest BCUT2D eigenvalue weighted by molar-refractivity contribution is 6.11. The Morgan fingerprint density at radius 2 is 1.68 bits per heavy atom. The summed E-state index contributed by atoms with van der Waals surface area (Å²) in [7, 11) is 0. The molecule has 0 amide bonds. The molecule has 0 radical (unpaired) electrons. The minimum absolute atomic E-state index is 0.0887. The molecule has 0 aliphatic heterocycles. The van der Waals surface area contributed by atoms with Gasteiger partial charge in [0.15, 0.2) is 5.78 Å². The van der Waals surface area contributed by atoms with Crippen LogP contribution in [0, 0.1) is 20.8 Å². The molecule has 0 fully saturated rings. The van der Waals surface area contributed by atoms with Crippen LogP contribution in [0.5, 0.6) is 0 Å². The van der Waals surface area contributed by atoms with E-state index >= 15 is 0 Å². The predicted octanol–water partition coefficient (Wildman–Crippen LogP) is 6.21. The Balaban J connectivity index is 1.80. The van der Waals surface area contributed by atoms with Gasteiger partial charge in [-0.25, -0.2) is 0 Å². The number of hydrogen-bond acceptors (Lipinski definition) is 1. The van der Waals surface area contributed by atoms with Crippen LogP contribution in [0.2, 0.25) is 0 Å². The van der Waals surface area contributed by atoms with E-state index in [9.17, 15) is 4.79 Å². The number of fused-ring (bicyclic) bond motifs is 1. The van der Waals surface area contributed by atoms with E-state index in [1.165, 1.54) is 60.9 Å². The average molecular weight is 364 g/mol. The lowest BCUT2D eigenvalue weighted by Crippen LogP contribution is -2.31. The summed E-state index contributed by atoms with van der Waals surface area (Å²) in [4.78, 5) is 14.1. The molecule has 1 heteroatoms. The third kappa shape index (κ3) is 1.90. The Bertz CT molecular complexity index is 1220. The van der Waals surface area contributed by atoms with E-state index in [-0.39, 0.29) is 11.8 Å². The summed E-state index contributed by atoms with van der Waals surface area (Å²) in [5.74, 6) is 0.159. The van der Waals surface area contributed by atoms with Crippen molar-refractivity contribution < 1.29 is 4.79 Å². The van der Waals surface area contributed by atoms with Crippen LogP contribution in [0.1, 0.15) is 58.1 Å². The molecule has 138 valence electrons. The first-order chi connectivity index (χ1) is 13.6. The molecule has 2 unspecified atom stereocenters. The van der Waals surface area contributed by atoms with Gasteiger partial charge in [0.25, 0.3) is 0 Å². The van der Waals surface area contributed by atoms with Crippen molar-refractivity contribution in [2.75, 3.05) is 0 Å². The van der Waals surface area contributed by atoms with Crippen molar-refractivity contribution in [1.29, 1.82) is 0 Å². The Hall–Kier alpha value is -2.67. The van der Waals surface area contributed by atoms with Gasteiger partial charge in [-0.15, -0.1) is 0 Å². The second kappa shape index (κ2) is 5.44. The lowest BCUT2D eigenvalue weighted by molar-refractivity contribution is -0.120. The van der Waals surface area contributed by atoms with Gasteiger partial charge in [-0.2, -0.15) is 0 Å². The topological polar surface area (TPSA) is 17.1 Å². The van der Waals surface area contributed by atoms with Crippen molar-refractivity contribution in [1.82, 2.24) is 0 Å². The summed E-state index contributed by atoms with van der Waals surface area (Å²) in [5.41, 5.74) is 11.9. The van der Waals surface area contributed by atoms with Crippen molar-refractivity contribution in [3.8, 4) is 0 Å². The van der Waals surface area contributed by atoms with E-state index in [1.54, 1.807) is 0 Å². The van der Waals surface area contributed by atoms with Gasteiger partial charge in [0.1, 0.15) is 0 Å². The van der Waals surface area contributed by atoms with Gasteiger partial charge < -0.3 is 0 Å². The summed E-state index contributed by atoms with van der Waals surface area (Å²) in [6.45, 7) is 6.66. The molecular formula is C27H24O. The van der Waals surface area contributed by atoms with Gasteiger partial charge in [-0.05, 0) is 95.3 Å². The van der Waals surface area contributed by atoms with Crippen molar-refractivity contribution in [2.45, 2.75) is 51.9 Å². The summed E-state index contributed by atoms with van der Waals surface area (Å²) in [6.07, 6.45) is 14.0. The Labute approximate surface area is 166 Å². The highest BCUT2D eigenvalue weighted by Crippen LogP contribution is 2.54. The van der Waals surface area contributed by atoms with Gasteiger partial charge in [0.05, 0.1) is 11.8 Å². The maximum atomic E-state index is 14.1. The van der Waals surface area contributed by atoms with Gasteiger partial charge in [0, 0.05) is 0 Å². The normalized spacial score (nSPS) is 24.4. The number of benzene rings is 2. The van der Waals surface area contributed by atoms with E-state index in [4.69, 9.17) is 0 Å². The molecule has 0 spiro atoms. The zero-order valence-corrected chi connectivity index (χ0v) is 16.7. The molecule has 0 saturated carbocycles. The van der Waals surface area contributed by atoms with Gasteiger partial charge in [-0.1, -0.05) is 48.1 Å². The molecule has 2 aromatic carbocycles. The number of carbonyl (C=O) groups is 1. The molecule has 28 heavy (non-hydrogen) atoms. The highest BCUT2D eigenvalue weighted by Gasteiger charge is 2.44. The molecule has 0 saturated heterocycles. The summed E-state index contributed by atoms with van der Waals surface area (Å²) in [6, 6.07) is 4.65. The number of allylic oxidation sites excluding steroid dienone is 8. The molecule has 2 aromatic rings. The number of carbonyl (C=O) groups excluding carboxylic acids is 1. The van der Waals surface area contributed by atoms with Crippen LogP contribution in [-0.4, -0.2) is 5.78 Å². The fourth-order valence-electron chi connectivity index (χ4n) is 6.26. The molecule has 0 heterocycles. The van der Waals surface area contributed by atoms with Crippen molar-refractivity contribution in [3.63, 3.8) is 0 Å². The number of ketones is 1. The van der Waals surface area contributed by atoms with Crippen LogP contribution in [0.25, 0.3) is 10.8 Å². The molecule has 4 aliphatic rings. The monoisotopic (exact) mass is 364 g/mol. The first-order valence-corrected chi connectivity index (χ1v) is 10.4. The largest absolute Gasteiger partial charge is 0.298 e. The highest BCUT2D eigenvalue weighted by atomic mass is 16.1. The first-order valence-electron chi connectivity index (χ1n) is 10.4. The van der Waals surface area contributed by atoms with Gasteiger partial charge in [0.2, 0.25) is 0 Å². The first kappa shape index (κ1) is 16.3. The minimum atomic E-state index is -0.130. The average Bonchev–Trinajstić information content (AvgIpc) is 3.33. The van der Waals surface area contributed by atoms with Gasteiger partial charge in [-0.3, -0.25) is 4.79 Å². The third-order valence-corrected chi connectivity index (χ3v) is 7.24. The lowest BCUT2D eigenvalue weighted by atomic mass is 9.63. The van der Waals surface area contributed by atoms with Crippen LogP contribution in [0.15, 0.2) is 59.2 Å².